The predicted octanol–water partition coefficient (Wildman–Crippen LogP) is 5.27. The molecule has 0 aliphatic heterocycles. The van der Waals surface area contributed by atoms with Crippen LogP contribution in [-0.2, 0) is 4.74 Å². The topological polar surface area (TPSA) is 53.4 Å². The third-order valence-corrected chi connectivity index (χ3v) is 5.98. The number of nitrogens with zero attached hydrogens (tertiary/aromatic N) is 2. The van der Waals surface area contributed by atoms with Gasteiger partial charge in [0, 0.05) is 0 Å². The van der Waals surface area contributed by atoms with Crippen molar-refractivity contribution in [3.63, 3.8) is 0 Å². The highest BCUT2D eigenvalue weighted by molar-refractivity contribution is 8.00. The summed E-state index contributed by atoms with van der Waals surface area (Å²) in [6, 6.07) is 14.1. The zero-order chi connectivity index (χ0) is 19.2. The standard InChI is InChI=1S/C18H15ClN2O3S3/c1-26-17-20-21(18(25)27-17)13-8-6-12(7-9-13)16(22)24-11-10-23-15-5-3-2-4-14(15)19/h2-9H,10-11H2,1H3. The summed E-state index contributed by atoms with van der Waals surface area (Å²) in [5.41, 5.74) is 1.25. The zero-order valence-electron chi connectivity index (χ0n) is 14.3. The molecule has 9 heteroatoms. The molecule has 0 spiro atoms. The molecule has 5 nitrogen and oxygen atoms in total. The molecule has 0 saturated heterocycles. The lowest BCUT2D eigenvalue weighted by atomic mass is 10.2. The van der Waals surface area contributed by atoms with E-state index in [1.54, 1.807) is 52.8 Å². The SMILES string of the molecule is CSc1nn(-c2ccc(C(=O)OCCOc3ccccc3Cl)cc2)c(=S)s1. The summed E-state index contributed by atoms with van der Waals surface area (Å²) in [6.07, 6.45) is 1.95. The lowest BCUT2D eigenvalue weighted by Gasteiger charge is -2.09. The van der Waals surface area contributed by atoms with E-state index in [0.717, 1.165) is 10.0 Å². The third-order valence-electron chi connectivity index (χ3n) is 3.46. The van der Waals surface area contributed by atoms with Crippen molar-refractivity contribution in [1.29, 1.82) is 0 Å². The minimum atomic E-state index is -0.420. The summed E-state index contributed by atoms with van der Waals surface area (Å²) in [5.74, 6) is 0.139. The van der Waals surface area contributed by atoms with Crippen molar-refractivity contribution in [2.45, 2.75) is 4.34 Å². The maximum Gasteiger partial charge on any atom is 0.338 e. The van der Waals surface area contributed by atoms with E-state index in [1.807, 2.05) is 18.4 Å². The van der Waals surface area contributed by atoms with Gasteiger partial charge in [-0.25, -0.2) is 9.48 Å². The largest absolute Gasteiger partial charge is 0.488 e. The first-order valence-electron chi connectivity index (χ1n) is 7.87. The molecule has 0 aliphatic rings. The second kappa shape index (κ2) is 9.36. The van der Waals surface area contributed by atoms with Crippen molar-refractivity contribution in [1.82, 2.24) is 9.78 Å². The number of hydrogen-bond donors (Lipinski definition) is 0. The summed E-state index contributed by atoms with van der Waals surface area (Å²) in [6.45, 7) is 0.346. The molecule has 0 fully saturated rings. The molecule has 27 heavy (non-hydrogen) atoms. The van der Waals surface area contributed by atoms with Gasteiger partial charge in [-0.3, -0.25) is 0 Å². The molecule has 0 N–H and O–H groups in total. The molecule has 0 saturated carbocycles. The van der Waals surface area contributed by atoms with Crippen LogP contribution >= 0.6 is 46.9 Å². The minimum absolute atomic E-state index is 0.125. The van der Waals surface area contributed by atoms with E-state index in [0.29, 0.717) is 20.3 Å². The Hall–Kier alpha value is -1.87. The number of esters is 1. The fraction of sp³-hybridized carbons (Fsp3) is 0.167. The number of benzene rings is 2. The monoisotopic (exact) mass is 438 g/mol. The van der Waals surface area contributed by atoms with Gasteiger partial charge in [-0.2, -0.15) is 0 Å². The first kappa shape index (κ1) is 19.9. The van der Waals surface area contributed by atoms with E-state index in [1.165, 1.54) is 11.3 Å². The molecule has 3 rings (SSSR count). The molecule has 1 aromatic heterocycles. The van der Waals surface area contributed by atoms with Gasteiger partial charge in [-0.15, -0.1) is 5.10 Å². The number of halogens is 1. The fourth-order valence-electron chi connectivity index (χ4n) is 2.18. The molecular formula is C18H15ClN2O3S3. The number of thioether (sulfide) groups is 1. The highest BCUT2D eigenvalue weighted by Crippen LogP contribution is 2.23. The van der Waals surface area contributed by atoms with Crippen LogP contribution in [0, 0.1) is 3.95 Å². The van der Waals surface area contributed by atoms with Crippen molar-refractivity contribution in [3.05, 3.63) is 63.1 Å². The Balaban J connectivity index is 1.55. The fourth-order valence-corrected chi connectivity index (χ4v) is 4.15. The van der Waals surface area contributed by atoms with Crippen LogP contribution in [0.3, 0.4) is 0 Å². The van der Waals surface area contributed by atoms with Crippen molar-refractivity contribution >= 4 is 52.9 Å². The van der Waals surface area contributed by atoms with Gasteiger partial charge in [0.1, 0.15) is 19.0 Å². The van der Waals surface area contributed by atoms with Crippen LogP contribution in [0.4, 0.5) is 0 Å². The van der Waals surface area contributed by atoms with Gasteiger partial charge in [0.05, 0.1) is 16.3 Å². The lowest BCUT2D eigenvalue weighted by Crippen LogP contribution is -2.12. The second-order valence-electron chi connectivity index (χ2n) is 5.21. The van der Waals surface area contributed by atoms with Crippen LogP contribution in [0.5, 0.6) is 5.75 Å². The predicted molar refractivity (Wildman–Crippen MR) is 111 cm³/mol. The lowest BCUT2D eigenvalue weighted by molar-refractivity contribution is 0.0450. The number of para-hydroxylation sites is 1. The molecule has 0 aliphatic carbocycles. The third kappa shape index (κ3) is 5.10. The summed E-state index contributed by atoms with van der Waals surface area (Å²) >= 11 is 14.3. The van der Waals surface area contributed by atoms with E-state index < -0.39 is 5.97 Å². The molecule has 140 valence electrons. The van der Waals surface area contributed by atoms with E-state index in [4.69, 9.17) is 33.3 Å². The van der Waals surface area contributed by atoms with E-state index >= 15 is 0 Å². The average Bonchev–Trinajstić information content (AvgIpc) is 3.07. The van der Waals surface area contributed by atoms with Gasteiger partial charge < -0.3 is 9.47 Å². The Bertz CT molecular complexity index is 986. The maximum atomic E-state index is 12.1. The van der Waals surface area contributed by atoms with Crippen molar-refractivity contribution in [3.8, 4) is 11.4 Å². The normalized spacial score (nSPS) is 10.6. The molecular weight excluding hydrogens is 424 g/mol. The van der Waals surface area contributed by atoms with Gasteiger partial charge >= 0.3 is 5.97 Å². The molecule has 0 amide bonds. The smallest absolute Gasteiger partial charge is 0.338 e. The molecule has 0 unspecified atom stereocenters. The molecule has 2 aromatic carbocycles. The van der Waals surface area contributed by atoms with Crippen molar-refractivity contribution in [2.24, 2.45) is 0 Å². The van der Waals surface area contributed by atoms with Crippen molar-refractivity contribution < 1.29 is 14.3 Å². The Morgan fingerprint density at radius 3 is 2.63 bits per heavy atom. The second-order valence-corrected chi connectivity index (χ2v) is 8.29. The van der Waals surface area contributed by atoms with Crippen LogP contribution in [0.1, 0.15) is 10.4 Å². The van der Waals surface area contributed by atoms with Crippen LogP contribution in [-0.4, -0.2) is 35.2 Å². The zero-order valence-corrected chi connectivity index (χ0v) is 17.5. The average molecular weight is 439 g/mol. The first-order valence-corrected chi connectivity index (χ1v) is 10.7. The van der Waals surface area contributed by atoms with Crippen molar-refractivity contribution in [2.75, 3.05) is 19.5 Å². The summed E-state index contributed by atoms with van der Waals surface area (Å²) in [4.78, 5) is 12.1. The van der Waals surface area contributed by atoms with E-state index in [9.17, 15) is 4.79 Å². The van der Waals surface area contributed by atoms with E-state index in [-0.39, 0.29) is 13.2 Å². The van der Waals surface area contributed by atoms with Gasteiger partial charge in [0.25, 0.3) is 0 Å². The molecule has 0 radical (unpaired) electrons. The van der Waals surface area contributed by atoms with E-state index in [2.05, 4.69) is 5.10 Å². The first-order chi connectivity index (χ1) is 13.1. The summed E-state index contributed by atoms with van der Waals surface area (Å²) in [5, 5.41) is 4.94. The van der Waals surface area contributed by atoms with Crippen LogP contribution in [0.15, 0.2) is 52.9 Å². The Kier molecular flexibility index (Phi) is 6.89. The van der Waals surface area contributed by atoms with Gasteiger partial charge in [-0.05, 0) is 54.9 Å². The summed E-state index contributed by atoms with van der Waals surface area (Å²) < 4.78 is 14.0. The molecule has 1 heterocycles. The number of carbonyl (C=O) groups is 1. The quantitative estimate of drug-likeness (QED) is 0.216. The number of aromatic nitrogens is 2. The maximum absolute atomic E-state index is 12.1. The van der Waals surface area contributed by atoms with Gasteiger partial charge in [0.2, 0.25) is 0 Å². The number of ether oxygens (including phenoxy) is 2. The van der Waals surface area contributed by atoms with Gasteiger partial charge in [0.15, 0.2) is 8.29 Å². The van der Waals surface area contributed by atoms with Crippen LogP contribution < -0.4 is 4.74 Å². The number of carbonyl (C=O) groups excluding carboxylic acids is 1. The van der Waals surface area contributed by atoms with Crippen LogP contribution in [0.2, 0.25) is 5.02 Å². The molecule has 0 bridgehead atoms. The Morgan fingerprint density at radius 1 is 1.22 bits per heavy atom. The number of rotatable bonds is 7. The Morgan fingerprint density at radius 2 is 1.96 bits per heavy atom. The molecule has 3 aromatic rings. The molecule has 0 atom stereocenters. The highest BCUT2D eigenvalue weighted by Gasteiger charge is 2.10. The van der Waals surface area contributed by atoms with Crippen LogP contribution in [0.25, 0.3) is 5.69 Å². The summed E-state index contributed by atoms with van der Waals surface area (Å²) in [7, 11) is 0. The highest BCUT2D eigenvalue weighted by atomic mass is 35.5. The van der Waals surface area contributed by atoms with Gasteiger partial charge in [-0.1, -0.05) is 46.8 Å². The minimum Gasteiger partial charge on any atom is -0.488 e. The Labute approximate surface area is 174 Å². The number of hydrogen-bond acceptors (Lipinski definition) is 7.